The molecule has 0 aliphatic carbocycles. The molecule has 2 aromatic heterocycles. The monoisotopic (exact) mass is 242 g/mol. The first-order chi connectivity index (χ1) is 8.26. The van der Waals surface area contributed by atoms with Gasteiger partial charge in [0.1, 0.15) is 0 Å². The Kier molecular flexibility index (Phi) is 2.41. The van der Waals surface area contributed by atoms with Crippen molar-refractivity contribution in [2.45, 2.75) is 13.3 Å². The zero-order valence-electron chi connectivity index (χ0n) is 9.66. The average Bonchev–Trinajstić information content (AvgIpc) is 2.93. The molecule has 0 aliphatic rings. The van der Waals surface area contributed by atoms with Crippen molar-refractivity contribution in [1.29, 1.82) is 0 Å². The lowest BCUT2D eigenvalue weighted by atomic mass is 10.2. The number of hydrogen-bond acceptors (Lipinski definition) is 2. The highest BCUT2D eigenvalue weighted by Gasteiger charge is 2.06. The van der Waals surface area contributed by atoms with Crippen LogP contribution in [0.2, 0.25) is 0 Å². The molecule has 0 saturated carbocycles. The third-order valence-corrected chi connectivity index (χ3v) is 3.99. The molecule has 0 fully saturated rings. The quantitative estimate of drug-likeness (QED) is 0.654. The van der Waals surface area contributed by atoms with Crippen LogP contribution in [0.15, 0.2) is 35.7 Å². The van der Waals surface area contributed by atoms with Crippen molar-refractivity contribution in [3.8, 4) is 10.6 Å². The normalized spacial score (nSPS) is 11.1. The van der Waals surface area contributed by atoms with Crippen LogP contribution in [0.5, 0.6) is 0 Å². The number of nitrogen functional groups attached to an aromatic ring is 1. The first-order valence-corrected chi connectivity index (χ1v) is 6.60. The van der Waals surface area contributed by atoms with Crippen molar-refractivity contribution < 1.29 is 0 Å². The molecular formula is C14H14N2S. The van der Waals surface area contributed by atoms with E-state index in [4.69, 9.17) is 5.73 Å². The SMILES string of the molecule is CCc1csc(-c2cc3ccc(N)cc3[nH]2)c1. The van der Waals surface area contributed by atoms with E-state index in [1.807, 2.05) is 12.1 Å². The number of anilines is 1. The van der Waals surface area contributed by atoms with Gasteiger partial charge in [0.15, 0.2) is 0 Å². The minimum Gasteiger partial charge on any atom is -0.399 e. The number of benzene rings is 1. The fraction of sp³-hybridized carbons (Fsp3) is 0.143. The molecule has 2 nitrogen and oxygen atoms in total. The van der Waals surface area contributed by atoms with Crippen molar-refractivity contribution in [2.24, 2.45) is 0 Å². The topological polar surface area (TPSA) is 41.8 Å². The van der Waals surface area contributed by atoms with Crippen LogP contribution in [0.1, 0.15) is 12.5 Å². The Labute approximate surface area is 104 Å². The Bertz CT molecular complexity index is 664. The van der Waals surface area contributed by atoms with Crippen LogP contribution in [-0.4, -0.2) is 4.98 Å². The first kappa shape index (κ1) is 10.4. The van der Waals surface area contributed by atoms with Crippen LogP contribution in [0, 0.1) is 0 Å². The van der Waals surface area contributed by atoms with Crippen molar-refractivity contribution >= 4 is 27.9 Å². The van der Waals surface area contributed by atoms with Gasteiger partial charge in [-0.1, -0.05) is 13.0 Å². The molecule has 0 bridgehead atoms. The number of fused-ring (bicyclic) bond motifs is 1. The predicted molar refractivity (Wildman–Crippen MR) is 75.4 cm³/mol. The van der Waals surface area contributed by atoms with Crippen LogP contribution >= 0.6 is 11.3 Å². The van der Waals surface area contributed by atoms with E-state index in [9.17, 15) is 0 Å². The molecule has 17 heavy (non-hydrogen) atoms. The third-order valence-electron chi connectivity index (χ3n) is 2.97. The van der Waals surface area contributed by atoms with Gasteiger partial charge in [0.2, 0.25) is 0 Å². The highest BCUT2D eigenvalue weighted by atomic mass is 32.1. The number of H-pyrrole nitrogens is 1. The van der Waals surface area contributed by atoms with Crippen LogP contribution < -0.4 is 5.73 Å². The second kappa shape index (κ2) is 3.93. The zero-order chi connectivity index (χ0) is 11.8. The average molecular weight is 242 g/mol. The summed E-state index contributed by atoms with van der Waals surface area (Å²) < 4.78 is 0. The summed E-state index contributed by atoms with van der Waals surface area (Å²) in [5.41, 5.74) is 10.2. The molecule has 3 N–H and O–H groups in total. The molecule has 0 atom stereocenters. The van der Waals surface area contributed by atoms with Crippen LogP contribution in [0.4, 0.5) is 5.69 Å². The number of aryl methyl sites for hydroxylation is 1. The third kappa shape index (κ3) is 1.83. The van der Waals surface area contributed by atoms with Gasteiger partial charge >= 0.3 is 0 Å². The van der Waals surface area contributed by atoms with E-state index in [0.717, 1.165) is 17.6 Å². The van der Waals surface area contributed by atoms with Crippen LogP contribution in [0.3, 0.4) is 0 Å². The molecule has 3 heteroatoms. The lowest BCUT2D eigenvalue weighted by Gasteiger charge is -1.91. The number of nitrogens with two attached hydrogens (primary N) is 1. The summed E-state index contributed by atoms with van der Waals surface area (Å²) in [7, 11) is 0. The van der Waals surface area contributed by atoms with Gasteiger partial charge in [0.05, 0.1) is 10.6 Å². The Morgan fingerprint density at radius 2 is 2.12 bits per heavy atom. The molecule has 0 unspecified atom stereocenters. The Morgan fingerprint density at radius 3 is 2.88 bits per heavy atom. The first-order valence-electron chi connectivity index (χ1n) is 5.72. The van der Waals surface area contributed by atoms with Gasteiger partial charge in [-0.3, -0.25) is 0 Å². The van der Waals surface area contributed by atoms with E-state index in [1.54, 1.807) is 11.3 Å². The molecule has 86 valence electrons. The molecule has 0 radical (unpaired) electrons. The zero-order valence-corrected chi connectivity index (χ0v) is 10.5. The number of aromatic nitrogens is 1. The van der Waals surface area contributed by atoms with Gasteiger partial charge < -0.3 is 10.7 Å². The maximum Gasteiger partial charge on any atom is 0.0566 e. The van der Waals surface area contributed by atoms with E-state index in [0.29, 0.717) is 0 Å². The molecule has 1 aromatic carbocycles. The summed E-state index contributed by atoms with van der Waals surface area (Å²) in [6.45, 7) is 2.18. The van der Waals surface area contributed by atoms with Gasteiger partial charge in [-0.15, -0.1) is 11.3 Å². The molecule has 0 amide bonds. The summed E-state index contributed by atoms with van der Waals surface area (Å²) in [6, 6.07) is 10.4. The van der Waals surface area contributed by atoms with E-state index < -0.39 is 0 Å². The standard InChI is InChI=1S/C14H14N2S/c1-2-9-5-14(17-8-9)13-6-10-3-4-11(15)7-12(10)16-13/h3-8,16H,2,15H2,1H3. The van der Waals surface area contributed by atoms with Gasteiger partial charge in [0.25, 0.3) is 0 Å². The number of hydrogen-bond donors (Lipinski definition) is 2. The van der Waals surface area contributed by atoms with Gasteiger partial charge in [0, 0.05) is 16.6 Å². The summed E-state index contributed by atoms with van der Waals surface area (Å²) in [5.74, 6) is 0. The fourth-order valence-electron chi connectivity index (χ4n) is 1.98. The number of rotatable bonds is 2. The highest BCUT2D eigenvalue weighted by molar-refractivity contribution is 7.13. The summed E-state index contributed by atoms with van der Waals surface area (Å²) >= 11 is 1.78. The van der Waals surface area contributed by atoms with E-state index in [1.165, 1.54) is 21.5 Å². The molecule has 0 saturated heterocycles. The van der Waals surface area contributed by atoms with Gasteiger partial charge in [-0.2, -0.15) is 0 Å². The maximum absolute atomic E-state index is 5.78. The summed E-state index contributed by atoms with van der Waals surface area (Å²) in [5, 5.41) is 3.43. The Morgan fingerprint density at radius 1 is 1.24 bits per heavy atom. The maximum atomic E-state index is 5.78. The van der Waals surface area contributed by atoms with E-state index in [2.05, 4.69) is 35.5 Å². The van der Waals surface area contributed by atoms with Gasteiger partial charge in [-0.05, 0) is 41.6 Å². The molecule has 3 aromatic rings. The van der Waals surface area contributed by atoms with Gasteiger partial charge in [-0.25, -0.2) is 0 Å². The minimum absolute atomic E-state index is 0.798. The number of nitrogens with one attached hydrogen (secondary N) is 1. The summed E-state index contributed by atoms with van der Waals surface area (Å²) in [6.07, 6.45) is 1.09. The van der Waals surface area contributed by atoms with E-state index in [-0.39, 0.29) is 0 Å². The Hall–Kier alpha value is -1.74. The smallest absolute Gasteiger partial charge is 0.0566 e. The second-order valence-corrected chi connectivity index (χ2v) is 5.11. The van der Waals surface area contributed by atoms with Crippen molar-refractivity contribution in [2.75, 3.05) is 5.73 Å². The highest BCUT2D eigenvalue weighted by Crippen LogP contribution is 2.30. The van der Waals surface area contributed by atoms with E-state index >= 15 is 0 Å². The molecule has 2 heterocycles. The van der Waals surface area contributed by atoms with Crippen LogP contribution in [-0.2, 0) is 6.42 Å². The largest absolute Gasteiger partial charge is 0.399 e. The predicted octanol–water partition coefficient (Wildman–Crippen LogP) is 4.04. The minimum atomic E-state index is 0.798. The lowest BCUT2D eigenvalue weighted by molar-refractivity contribution is 1.16. The molecule has 3 rings (SSSR count). The van der Waals surface area contributed by atoms with Crippen molar-refractivity contribution in [3.63, 3.8) is 0 Å². The number of thiophene rings is 1. The summed E-state index contributed by atoms with van der Waals surface area (Å²) in [4.78, 5) is 4.71. The van der Waals surface area contributed by atoms with Crippen molar-refractivity contribution in [3.05, 3.63) is 41.3 Å². The van der Waals surface area contributed by atoms with Crippen LogP contribution in [0.25, 0.3) is 21.5 Å². The van der Waals surface area contributed by atoms with Crippen molar-refractivity contribution in [1.82, 2.24) is 4.98 Å². The lowest BCUT2D eigenvalue weighted by Crippen LogP contribution is -1.82. The molecule has 0 spiro atoms. The number of aromatic amines is 1. The fourth-order valence-corrected chi connectivity index (χ4v) is 2.95. The Balaban J connectivity index is 2.11. The molecule has 0 aliphatic heterocycles. The molecular weight excluding hydrogens is 228 g/mol. The second-order valence-electron chi connectivity index (χ2n) is 4.20.